The van der Waals surface area contributed by atoms with Gasteiger partial charge in [0.2, 0.25) is 0 Å². The van der Waals surface area contributed by atoms with Crippen molar-refractivity contribution in [1.82, 2.24) is 4.90 Å². The number of nitrogens with zero attached hydrogens (tertiary/aromatic N) is 1. The van der Waals surface area contributed by atoms with Crippen molar-refractivity contribution in [1.29, 1.82) is 0 Å². The molecule has 2 rings (SSSR count). The molecule has 1 aliphatic heterocycles. The summed E-state index contributed by atoms with van der Waals surface area (Å²) in [7, 11) is 0. The van der Waals surface area contributed by atoms with Crippen LogP contribution in [0.1, 0.15) is 34.5 Å². The number of carbonyl (C=O) groups is 1. The molecule has 1 saturated heterocycles. The molecule has 0 saturated carbocycles. The first-order valence-corrected chi connectivity index (χ1v) is 7.71. The van der Waals surface area contributed by atoms with Crippen molar-refractivity contribution in [3.05, 3.63) is 21.9 Å². The van der Waals surface area contributed by atoms with Gasteiger partial charge in [0.25, 0.3) is 5.91 Å². The molecule has 1 aromatic rings. The quantitative estimate of drug-likeness (QED) is 0.823. The summed E-state index contributed by atoms with van der Waals surface area (Å²) in [5, 5.41) is 19.4. The van der Waals surface area contributed by atoms with Crippen LogP contribution in [0.4, 0.5) is 0 Å². The first-order valence-electron chi connectivity index (χ1n) is 6.83. The average Bonchev–Trinajstić information content (AvgIpc) is 3.08. The van der Waals surface area contributed by atoms with E-state index in [-0.39, 0.29) is 19.1 Å². The Balaban J connectivity index is 1.95. The van der Waals surface area contributed by atoms with Crippen molar-refractivity contribution in [2.45, 2.75) is 19.3 Å². The van der Waals surface area contributed by atoms with Gasteiger partial charge in [-0.25, -0.2) is 0 Å². The topological polar surface area (TPSA) is 60.8 Å². The van der Waals surface area contributed by atoms with Crippen LogP contribution < -0.4 is 0 Å². The maximum absolute atomic E-state index is 12.3. The lowest BCUT2D eigenvalue weighted by Gasteiger charge is -2.15. The number of amides is 1. The van der Waals surface area contributed by atoms with Crippen LogP contribution in [0.5, 0.6) is 0 Å². The smallest absolute Gasteiger partial charge is 0.254 e. The van der Waals surface area contributed by atoms with Gasteiger partial charge in [-0.1, -0.05) is 11.8 Å². The van der Waals surface area contributed by atoms with E-state index in [1.807, 2.05) is 16.3 Å². The molecule has 108 valence electrons. The zero-order chi connectivity index (χ0) is 14.4. The van der Waals surface area contributed by atoms with Crippen molar-refractivity contribution >= 4 is 17.2 Å². The fourth-order valence-electron chi connectivity index (χ4n) is 2.34. The molecule has 0 aromatic carbocycles. The Hall–Kier alpha value is -1.35. The maximum atomic E-state index is 12.3. The van der Waals surface area contributed by atoms with E-state index in [4.69, 9.17) is 10.2 Å². The summed E-state index contributed by atoms with van der Waals surface area (Å²) >= 11 is 1.46. The van der Waals surface area contributed by atoms with E-state index in [0.29, 0.717) is 17.9 Å². The monoisotopic (exact) mass is 293 g/mol. The molecule has 1 aromatic heterocycles. The number of aliphatic hydroxyl groups is 2. The predicted molar refractivity (Wildman–Crippen MR) is 78.6 cm³/mol. The number of rotatable bonds is 4. The average molecular weight is 293 g/mol. The third-order valence-corrected chi connectivity index (χ3v) is 4.25. The van der Waals surface area contributed by atoms with Gasteiger partial charge in [0.1, 0.15) is 0 Å². The second-order valence-corrected chi connectivity index (χ2v) is 5.80. The molecular weight excluding hydrogens is 274 g/mol. The lowest BCUT2D eigenvalue weighted by atomic mass is 10.1. The highest BCUT2D eigenvalue weighted by Crippen LogP contribution is 2.23. The summed E-state index contributed by atoms with van der Waals surface area (Å²) in [6, 6.07) is 1.82. The molecule has 0 bridgehead atoms. The molecule has 1 fully saturated rings. The summed E-state index contributed by atoms with van der Waals surface area (Å²) < 4.78 is 0. The van der Waals surface area contributed by atoms with Crippen LogP contribution in [0.15, 0.2) is 11.4 Å². The van der Waals surface area contributed by atoms with E-state index in [2.05, 4.69) is 11.8 Å². The standard InChI is InChI=1S/C15H19NO3S/c17-7-2-1-3-14-9-13(11-20-14)15(19)16-6-4-12(10-16)5-8-18/h9,11-12,17-18H,2,4-8,10H2. The van der Waals surface area contributed by atoms with E-state index < -0.39 is 0 Å². The zero-order valence-electron chi connectivity index (χ0n) is 11.3. The predicted octanol–water partition coefficient (Wildman–Crippen LogP) is 1.33. The number of aliphatic hydroxyl groups excluding tert-OH is 2. The van der Waals surface area contributed by atoms with Gasteiger partial charge in [-0.2, -0.15) is 0 Å². The Bertz CT molecular complexity index is 515. The minimum Gasteiger partial charge on any atom is -0.396 e. The minimum atomic E-state index is 0.0527. The van der Waals surface area contributed by atoms with E-state index >= 15 is 0 Å². The Labute approximate surface area is 123 Å². The Morgan fingerprint density at radius 1 is 1.45 bits per heavy atom. The lowest BCUT2D eigenvalue weighted by molar-refractivity contribution is 0.0785. The number of likely N-dealkylation sites (tertiary alicyclic amines) is 1. The van der Waals surface area contributed by atoms with E-state index in [1.54, 1.807) is 0 Å². The van der Waals surface area contributed by atoms with Crippen LogP contribution in [0, 0.1) is 17.8 Å². The number of hydrogen-bond acceptors (Lipinski definition) is 4. The molecule has 2 heterocycles. The molecule has 1 amide bonds. The zero-order valence-corrected chi connectivity index (χ0v) is 12.2. The number of hydrogen-bond donors (Lipinski definition) is 2. The Morgan fingerprint density at radius 3 is 3.05 bits per heavy atom. The second kappa shape index (κ2) is 7.44. The van der Waals surface area contributed by atoms with Gasteiger partial charge < -0.3 is 15.1 Å². The highest BCUT2D eigenvalue weighted by Gasteiger charge is 2.26. The fraction of sp³-hybridized carbons (Fsp3) is 0.533. The fourth-order valence-corrected chi connectivity index (χ4v) is 3.09. The Kier molecular flexibility index (Phi) is 5.60. The van der Waals surface area contributed by atoms with Crippen LogP contribution in [-0.4, -0.2) is 47.3 Å². The van der Waals surface area contributed by atoms with Crippen LogP contribution in [0.25, 0.3) is 0 Å². The molecule has 2 N–H and O–H groups in total. The summed E-state index contributed by atoms with van der Waals surface area (Å²) in [6.07, 6.45) is 2.20. The van der Waals surface area contributed by atoms with E-state index in [1.165, 1.54) is 11.3 Å². The van der Waals surface area contributed by atoms with Gasteiger partial charge in [0.15, 0.2) is 0 Å². The minimum absolute atomic E-state index is 0.0527. The lowest BCUT2D eigenvalue weighted by Crippen LogP contribution is -2.28. The molecule has 0 aliphatic carbocycles. The molecular formula is C15H19NO3S. The third-order valence-electron chi connectivity index (χ3n) is 3.41. The van der Waals surface area contributed by atoms with Crippen LogP contribution in [-0.2, 0) is 0 Å². The van der Waals surface area contributed by atoms with Crippen molar-refractivity contribution in [2.24, 2.45) is 5.92 Å². The first-order chi connectivity index (χ1) is 9.74. The van der Waals surface area contributed by atoms with Gasteiger partial charge in [-0.3, -0.25) is 4.79 Å². The van der Waals surface area contributed by atoms with Gasteiger partial charge in [-0.15, -0.1) is 11.3 Å². The van der Waals surface area contributed by atoms with Crippen LogP contribution in [0.3, 0.4) is 0 Å². The molecule has 1 unspecified atom stereocenters. The summed E-state index contributed by atoms with van der Waals surface area (Å²) in [5.41, 5.74) is 0.688. The molecule has 5 heteroatoms. The summed E-state index contributed by atoms with van der Waals surface area (Å²) in [4.78, 5) is 15.0. The first kappa shape index (κ1) is 15.0. The largest absolute Gasteiger partial charge is 0.396 e. The Morgan fingerprint density at radius 2 is 2.30 bits per heavy atom. The van der Waals surface area contributed by atoms with Gasteiger partial charge in [0.05, 0.1) is 17.0 Å². The normalized spacial score (nSPS) is 17.9. The maximum Gasteiger partial charge on any atom is 0.254 e. The summed E-state index contributed by atoms with van der Waals surface area (Å²) in [6.45, 7) is 1.76. The molecule has 1 atom stereocenters. The second-order valence-electron chi connectivity index (χ2n) is 4.89. The number of thiophene rings is 1. The van der Waals surface area contributed by atoms with Gasteiger partial charge in [0, 0.05) is 31.5 Å². The van der Waals surface area contributed by atoms with Gasteiger partial charge in [-0.05, 0) is 24.8 Å². The third kappa shape index (κ3) is 3.83. The molecule has 20 heavy (non-hydrogen) atoms. The van der Waals surface area contributed by atoms with Gasteiger partial charge >= 0.3 is 0 Å². The highest BCUT2D eigenvalue weighted by atomic mass is 32.1. The molecule has 1 aliphatic rings. The molecule has 4 nitrogen and oxygen atoms in total. The van der Waals surface area contributed by atoms with Crippen LogP contribution in [0.2, 0.25) is 0 Å². The summed E-state index contributed by atoms with van der Waals surface area (Å²) in [5.74, 6) is 6.28. The van der Waals surface area contributed by atoms with Crippen molar-refractivity contribution in [3.63, 3.8) is 0 Å². The van der Waals surface area contributed by atoms with E-state index in [9.17, 15) is 4.79 Å². The molecule has 0 spiro atoms. The van der Waals surface area contributed by atoms with E-state index in [0.717, 1.165) is 30.8 Å². The van der Waals surface area contributed by atoms with Crippen LogP contribution >= 0.6 is 11.3 Å². The number of carbonyl (C=O) groups excluding carboxylic acids is 1. The van der Waals surface area contributed by atoms with Crippen molar-refractivity contribution in [2.75, 3.05) is 26.3 Å². The SMILES string of the molecule is O=C(c1csc(C#CCCO)c1)N1CCC(CCO)C1. The van der Waals surface area contributed by atoms with Crippen molar-refractivity contribution in [3.8, 4) is 11.8 Å². The molecule has 0 radical (unpaired) electrons. The highest BCUT2D eigenvalue weighted by molar-refractivity contribution is 7.10. The van der Waals surface area contributed by atoms with Crippen molar-refractivity contribution < 1.29 is 15.0 Å².